The van der Waals surface area contributed by atoms with Gasteiger partial charge in [0.1, 0.15) is 5.82 Å². The summed E-state index contributed by atoms with van der Waals surface area (Å²) in [6.45, 7) is 9.22. The molecule has 0 radical (unpaired) electrons. The Kier molecular flexibility index (Phi) is 6.78. The standard InChI is InChI=1S/C22H27N5O/c1-4-27(5-2)21-19(12-18(13-23-21)17-10-8-7-9-11-17)14-24-22-25-15-20(16-26-22)28-6-3/h7-13,15-16H,4-6,14H2,1-3H3,(H,24,25,26). The first-order chi connectivity index (χ1) is 13.7. The van der Waals surface area contributed by atoms with E-state index in [1.165, 1.54) is 0 Å². The van der Waals surface area contributed by atoms with Gasteiger partial charge in [-0.05, 0) is 32.4 Å². The number of ether oxygens (including phenoxy) is 1. The van der Waals surface area contributed by atoms with E-state index in [4.69, 9.17) is 9.72 Å². The Labute approximate surface area is 166 Å². The first kappa shape index (κ1) is 19.6. The van der Waals surface area contributed by atoms with E-state index in [1.807, 2.05) is 31.3 Å². The van der Waals surface area contributed by atoms with Crippen molar-refractivity contribution < 1.29 is 4.74 Å². The molecule has 3 aromatic rings. The largest absolute Gasteiger partial charge is 0.491 e. The van der Waals surface area contributed by atoms with Crippen LogP contribution in [0.5, 0.6) is 5.75 Å². The monoisotopic (exact) mass is 377 g/mol. The van der Waals surface area contributed by atoms with Gasteiger partial charge in [0.2, 0.25) is 5.95 Å². The lowest BCUT2D eigenvalue weighted by molar-refractivity contribution is 0.337. The maximum absolute atomic E-state index is 5.40. The van der Waals surface area contributed by atoms with Crippen LogP contribution in [0.15, 0.2) is 55.0 Å². The fourth-order valence-electron chi connectivity index (χ4n) is 3.05. The summed E-state index contributed by atoms with van der Waals surface area (Å²) in [6.07, 6.45) is 5.31. The summed E-state index contributed by atoms with van der Waals surface area (Å²) in [5.41, 5.74) is 3.36. The quantitative estimate of drug-likeness (QED) is 0.596. The second kappa shape index (κ2) is 9.69. The summed E-state index contributed by atoms with van der Waals surface area (Å²) in [6, 6.07) is 12.5. The Balaban J connectivity index is 1.85. The number of benzene rings is 1. The van der Waals surface area contributed by atoms with Gasteiger partial charge in [-0.15, -0.1) is 0 Å². The zero-order chi connectivity index (χ0) is 19.8. The minimum atomic E-state index is 0.569. The first-order valence-corrected chi connectivity index (χ1v) is 9.73. The molecule has 2 aromatic heterocycles. The van der Waals surface area contributed by atoms with Gasteiger partial charge in [-0.25, -0.2) is 15.0 Å². The molecule has 6 nitrogen and oxygen atoms in total. The predicted octanol–water partition coefficient (Wildman–Crippen LogP) is 4.40. The van der Waals surface area contributed by atoms with Gasteiger partial charge in [0.05, 0.1) is 19.0 Å². The van der Waals surface area contributed by atoms with Gasteiger partial charge < -0.3 is 15.0 Å². The van der Waals surface area contributed by atoms with Crippen molar-refractivity contribution in [2.75, 3.05) is 29.9 Å². The number of anilines is 2. The molecule has 3 rings (SSSR count). The summed E-state index contributed by atoms with van der Waals surface area (Å²) in [7, 11) is 0. The maximum atomic E-state index is 5.40. The van der Waals surface area contributed by atoms with E-state index in [0.29, 0.717) is 24.8 Å². The molecule has 0 saturated carbocycles. The van der Waals surface area contributed by atoms with E-state index < -0.39 is 0 Å². The lowest BCUT2D eigenvalue weighted by Gasteiger charge is -2.23. The van der Waals surface area contributed by atoms with Crippen molar-refractivity contribution in [3.05, 3.63) is 60.6 Å². The lowest BCUT2D eigenvalue weighted by atomic mass is 10.1. The minimum Gasteiger partial charge on any atom is -0.491 e. The third-order valence-corrected chi connectivity index (χ3v) is 4.49. The summed E-state index contributed by atoms with van der Waals surface area (Å²) >= 11 is 0. The number of rotatable bonds is 9. The molecular formula is C22H27N5O. The molecule has 0 aliphatic heterocycles. The normalized spacial score (nSPS) is 10.5. The van der Waals surface area contributed by atoms with E-state index in [0.717, 1.165) is 35.6 Å². The number of pyridine rings is 1. The molecule has 0 bridgehead atoms. The van der Waals surface area contributed by atoms with Gasteiger partial charge >= 0.3 is 0 Å². The fourth-order valence-corrected chi connectivity index (χ4v) is 3.05. The Bertz CT molecular complexity index is 864. The molecule has 0 fully saturated rings. The zero-order valence-corrected chi connectivity index (χ0v) is 16.7. The van der Waals surface area contributed by atoms with Crippen LogP contribution in [0.1, 0.15) is 26.3 Å². The van der Waals surface area contributed by atoms with Gasteiger partial charge in [0.25, 0.3) is 0 Å². The average Bonchev–Trinajstić information content (AvgIpc) is 2.75. The lowest BCUT2D eigenvalue weighted by Crippen LogP contribution is -2.25. The van der Waals surface area contributed by atoms with Crippen LogP contribution in [0.25, 0.3) is 11.1 Å². The van der Waals surface area contributed by atoms with Crippen molar-refractivity contribution in [3.63, 3.8) is 0 Å². The third kappa shape index (κ3) is 4.76. The van der Waals surface area contributed by atoms with Crippen LogP contribution < -0.4 is 15.0 Å². The van der Waals surface area contributed by atoms with Crippen molar-refractivity contribution in [1.29, 1.82) is 0 Å². The summed E-state index contributed by atoms with van der Waals surface area (Å²) in [5.74, 6) is 2.23. The van der Waals surface area contributed by atoms with Crippen molar-refractivity contribution >= 4 is 11.8 Å². The highest BCUT2D eigenvalue weighted by molar-refractivity contribution is 5.66. The molecule has 28 heavy (non-hydrogen) atoms. The average molecular weight is 377 g/mol. The van der Waals surface area contributed by atoms with Crippen LogP contribution in [0, 0.1) is 0 Å². The molecule has 1 aromatic carbocycles. The van der Waals surface area contributed by atoms with Gasteiger partial charge in [0, 0.05) is 37.0 Å². The van der Waals surface area contributed by atoms with Crippen molar-refractivity contribution in [2.24, 2.45) is 0 Å². The highest BCUT2D eigenvalue weighted by atomic mass is 16.5. The Morgan fingerprint density at radius 3 is 2.25 bits per heavy atom. The molecule has 2 heterocycles. The van der Waals surface area contributed by atoms with E-state index in [1.54, 1.807) is 12.4 Å². The second-order valence-electron chi connectivity index (χ2n) is 6.27. The number of nitrogens with zero attached hydrogens (tertiary/aromatic N) is 4. The molecule has 146 valence electrons. The molecule has 1 N–H and O–H groups in total. The number of hydrogen-bond acceptors (Lipinski definition) is 6. The van der Waals surface area contributed by atoms with Crippen molar-refractivity contribution in [3.8, 4) is 16.9 Å². The van der Waals surface area contributed by atoms with E-state index >= 15 is 0 Å². The smallest absolute Gasteiger partial charge is 0.223 e. The molecular weight excluding hydrogens is 350 g/mol. The Morgan fingerprint density at radius 2 is 1.61 bits per heavy atom. The zero-order valence-electron chi connectivity index (χ0n) is 16.7. The number of nitrogens with one attached hydrogen (secondary N) is 1. The van der Waals surface area contributed by atoms with E-state index in [2.05, 4.69) is 52.2 Å². The van der Waals surface area contributed by atoms with Crippen molar-refractivity contribution in [1.82, 2.24) is 15.0 Å². The molecule has 6 heteroatoms. The molecule has 0 amide bonds. The first-order valence-electron chi connectivity index (χ1n) is 9.73. The summed E-state index contributed by atoms with van der Waals surface area (Å²) in [5, 5.41) is 3.31. The maximum Gasteiger partial charge on any atom is 0.223 e. The molecule has 0 spiro atoms. The predicted molar refractivity (Wildman–Crippen MR) is 114 cm³/mol. The summed E-state index contributed by atoms with van der Waals surface area (Å²) in [4.78, 5) is 15.7. The molecule has 0 atom stereocenters. The van der Waals surface area contributed by atoms with Crippen molar-refractivity contribution in [2.45, 2.75) is 27.3 Å². The van der Waals surface area contributed by atoms with Crippen LogP contribution in [0.4, 0.5) is 11.8 Å². The van der Waals surface area contributed by atoms with Gasteiger partial charge in [-0.3, -0.25) is 0 Å². The van der Waals surface area contributed by atoms with Crippen LogP contribution in [0.2, 0.25) is 0 Å². The van der Waals surface area contributed by atoms with Gasteiger partial charge in [-0.2, -0.15) is 0 Å². The SMILES string of the molecule is CCOc1cnc(NCc2cc(-c3ccccc3)cnc2N(CC)CC)nc1. The highest BCUT2D eigenvalue weighted by Gasteiger charge is 2.12. The Morgan fingerprint density at radius 1 is 0.893 bits per heavy atom. The Hall–Kier alpha value is -3.15. The summed E-state index contributed by atoms with van der Waals surface area (Å²) < 4.78 is 5.40. The van der Waals surface area contributed by atoms with Crippen LogP contribution in [0.3, 0.4) is 0 Å². The van der Waals surface area contributed by atoms with E-state index in [-0.39, 0.29) is 0 Å². The molecule has 0 aliphatic rings. The van der Waals surface area contributed by atoms with Crippen LogP contribution >= 0.6 is 0 Å². The van der Waals surface area contributed by atoms with Crippen LogP contribution in [-0.2, 0) is 6.54 Å². The number of aromatic nitrogens is 3. The highest BCUT2D eigenvalue weighted by Crippen LogP contribution is 2.26. The second-order valence-corrected chi connectivity index (χ2v) is 6.27. The van der Waals surface area contributed by atoms with Gasteiger partial charge in [-0.1, -0.05) is 30.3 Å². The van der Waals surface area contributed by atoms with Crippen LogP contribution in [-0.4, -0.2) is 34.6 Å². The molecule has 0 aliphatic carbocycles. The fraction of sp³-hybridized carbons (Fsp3) is 0.318. The molecule has 0 unspecified atom stereocenters. The topological polar surface area (TPSA) is 63.2 Å². The number of hydrogen-bond donors (Lipinski definition) is 1. The molecule has 0 saturated heterocycles. The minimum absolute atomic E-state index is 0.569. The third-order valence-electron chi connectivity index (χ3n) is 4.49. The van der Waals surface area contributed by atoms with E-state index in [9.17, 15) is 0 Å². The van der Waals surface area contributed by atoms with Gasteiger partial charge in [0.15, 0.2) is 5.75 Å².